The van der Waals surface area contributed by atoms with Crippen LogP contribution in [0.5, 0.6) is 0 Å². The minimum Gasteiger partial charge on any atom is -0.392 e. The smallest absolute Gasteiger partial charge is 0.0621 e. The Labute approximate surface area is 111 Å². The van der Waals surface area contributed by atoms with E-state index in [0.29, 0.717) is 6.04 Å². The molecule has 18 heavy (non-hydrogen) atoms. The fourth-order valence-corrected chi connectivity index (χ4v) is 5.61. The molecular weight excluding hydrogens is 222 g/mol. The number of hydrogen-bond donors (Lipinski definition) is 2. The van der Waals surface area contributed by atoms with Gasteiger partial charge in [-0.25, -0.2) is 0 Å². The fourth-order valence-electron chi connectivity index (χ4n) is 5.61. The lowest BCUT2D eigenvalue weighted by molar-refractivity contribution is -0.0961. The van der Waals surface area contributed by atoms with Crippen molar-refractivity contribution in [1.29, 1.82) is 0 Å². The minimum absolute atomic E-state index is 0.0909. The van der Waals surface area contributed by atoms with Crippen LogP contribution in [0.2, 0.25) is 0 Å². The molecule has 2 unspecified atom stereocenters. The van der Waals surface area contributed by atoms with Crippen molar-refractivity contribution in [1.82, 2.24) is 5.32 Å². The van der Waals surface area contributed by atoms with Gasteiger partial charge >= 0.3 is 0 Å². The molecule has 5 fully saturated rings. The van der Waals surface area contributed by atoms with E-state index in [4.69, 9.17) is 0 Å². The molecule has 0 heterocycles. The summed E-state index contributed by atoms with van der Waals surface area (Å²) in [4.78, 5) is 0. The van der Waals surface area contributed by atoms with Gasteiger partial charge in [0.15, 0.2) is 0 Å². The Kier molecular flexibility index (Phi) is 2.43. The summed E-state index contributed by atoms with van der Waals surface area (Å²) in [6.45, 7) is 4.43. The molecule has 2 heteroatoms. The topological polar surface area (TPSA) is 32.3 Å². The summed E-state index contributed by atoms with van der Waals surface area (Å²) in [6, 6.07) is 1.32. The molecule has 0 aromatic heterocycles. The Morgan fingerprint density at radius 2 is 1.44 bits per heavy atom. The molecule has 5 rings (SSSR count). The molecule has 4 bridgehead atoms. The van der Waals surface area contributed by atoms with Crippen LogP contribution in [-0.4, -0.2) is 23.3 Å². The summed E-state index contributed by atoms with van der Waals surface area (Å²) in [6.07, 6.45) is 8.36. The minimum atomic E-state index is -0.0909. The maximum Gasteiger partial charge on any atom is 0.0621 e. The second kappa shape index (κ2) is 3.73. The van der Waals surface area contributed by atoms with E-state index in [1.807, 2.05) is 0 Å². The molecule has 0 aromatic carbocycles. The fraction of sp³-hybridized carbons (Fsp3) is 1.00. The lowest BCUT2D eigenvalue weighted by Crippen LogP contribution is -2.66. The monoisotopic (exact) mass is 249 g/mol. The van der Waals surface area contributed by atoms with Crippen molar-refractivity contribution >= 4 is 0 Å². The Bertz CT molecular complexity index is 323. The van der Waals surface area contributed by atoms with E-state index < -0.39 is 0 Å². The van der Waals surface area contributed by atoms with Crippen LogP contribution in [0.4, 0.5) is 0 Å². The molecular formula is C16H27NO. The quantitative estimate of drug-likeness (QED) is 0.788. The second-order valence-corrected chi connectivity index (χ2v) is 8.25. The number of aliphatic hydroxyl groups is 1. The van der Waals surface area contributed by atoms with Crippen LogP contribution in [0.1, 0.15) is 52.4 Å². The molecule has 0 spiro atoms. The van der Waals surface area contributed by atoms with Crippen LogP contribution < -0.4 is 5.32 Å². The van der Waals surface area contributed by atoms with Gasteiger partial charge in [0.25, 0.3) is 0 Å². The van der Waals surface area contributed by atoms with E-state index in [1.165, 1.54) is 32.1 Å². The summed E-state index contributed by atoms with van der Waals surface area (Å²) in [5.41, 5.74) is 0.0919. The van der Waals surface area contributed by atoms with Crippen molar-refractivity contribution in [2.45, 2.75) is 70.6 Å². The van der Waals surface area contributed by atoms with Gasteiger partial charge < -0.3 is 10.4 Å². The third-order valence-electron chi connectivity index (χ3n) is 6.84. The second-order valence-electron chi connectivity index (χ2n) is 8.25. The van der Waals surface area contributed by atoms with Crippen molar-refractivity contribution in [2.24, 2.45) is 29.1 Å². The highest BCUT2D eigenvalue weighted by molar-refractivity contribution is 5.07. The zero-order valence-corrected chi connectivity index (χ0v) is 11.7. The van der Waals surface area contributed by atoms with Crippen molar-refractivity contribution in [3.05, 3.63) is 0 Å². The van der Waals surface area contributed by atoms with Crippen molar-refractivity contribution in [3.8, 4) is 0 Å². The number of aliphatic hydroxyl groups excluding tert-OH is 1. The standard InChI is InChI=1S/C16H27NO/c1-16(2)13(8-14(16)18)17-15-11-4-9-3-10(6-11)7-12(15)5-9/h9-15,17-18H,3-8H2,1-2H3. The number of nitrogens with one attached hydrogen (secondary N) is 1. The molecule has 0 radical (unpaired) electrons. The van der Waals surface area contributed by atoms with Crippen LogP contribution in [0, 0.1) is 29.1 Å². The molecule has 5 aliphatic carbocycles. The first-order chi connectivity index (χ1) is 8.54. The average molecular weight is 249 g/mol. The van der Waals surface area contributed by atoms with Gasteiger partial charge in [0.05, 0.1) is 6.10 Å². The maximum atomic E-state index is 9.89. The van der Waals surface area contributed by atoms with E-state index in [1.54, 1.807) is 0 Å². The normalized spacial score (nSPS) is 56.5. The van der Waals surface area contributed by atoms with Crippen LogP contribution in [0.15, 0.2) is 0 Å². The number of hydrogen-bond acceptors (Lipinski definition) is 2. The molecule has 5 saturated carbocycles. The van der Waals surface area contributed by atoms with E-state index in [9.17, 15) is 5.11 Å². The third kappa shape index (κ3) is 1.54. The summed E-state index contributed by atoms with van der Waals surface area (Å²) >= 11 is 0. The highest BCUT2D eigenvalue weighted by atomic mass is 16.3. The molecule has 2 N–H and O–H groups in total. The SMILES string of the molecule is CC1(C)C(O)CC1NC1C2CC3CC(C2)CC1C3. The van der Waals surface area contributed by atoms with Gasteiger partial charge in [0.1, 0.15) is 0 Å². The van der Waals surface area contributed by atoms with Crippen molar-refractivity contribution < 1.29 is 5.11 Å². The molecule has 2 atom stereocenters. The van der Waals surface area contributed by atoms with Gasteiger partial charge in [-0.05, 0) is 62.2 Å². The average Bonchev–Trinajstić information content (AvgIpc) is 2.31. The molecule has 5 aliphatic rings. The van der Waals surface area contributed by atoms with Crippen LogP contribution in [-0.2, 0) is 0 Å². The largest absolute Gasteiger partial charge is 0.392 e. The number of rotatable bonds is 2. The first-order valence-corrected chi connectivity index (χ1v) is 7.98. The van der Waals surface area contributed by atoms with E-state index in [-0.39, 0.29) is 11.5 Å². The predicted octanol–water partition coefficient (Wildman–Crippen LogP) is 2.56. The van der Waals surface area contributed by atoms with Gasteiger partial charge in [-0.2, -0.15) is 0 Å². The van der Waals surface area contributed by atoms with Crippen LogP contribution in [0.25, 0.3) is 0 Å². The Morgan fingerprint density at radius 3 is 1.89 bits per heavy atom. The first-order valence-electron chi connectivity index (χ1n) is 7.98. The summed E-state index contributed by atoms with van der Waals surface area (Å²) in [5.74, 6) is 4.03. The zero-order valence-electron chi connectivity index (χ0n) is 11.7. The molecule has 0 amide bonds. The van der Waals surface area contributed by atoms with Crippen LogP contribution in [0.3, 0.4) is 0 Å². The highest BCUT2D eigenvalue weighted by Gasteiger charge is 2.53. The molecule has 2 nitrogen and oxygen atoms in total. The van der Waals surface area contributed by atoms with E-state index in [2.05, 4.69) is 19.2 Å². The summed E-state index contributed by atoms with van der Waals surface area (Å²) in [7, 11) is 0. The Hall–Kier alpha value is -0.0800. The summed E-state index contributed by atoms with van der Waals surface area (Å²) < 4.78 is 0. The van der Waals surface area contributed by atoms with Crippen molar-refractivity contribution in [3.63, 3.8) is 0 Å². The van der Waals surface area contributed by atoms with Gasteiger partial charge in [0, 0.05) is 17.5 Å². The van der Waals surface area contributed by atoms with E-state index >= 15 is 0 Å². The lowest BCUT2D eigenvalue weighted by atomic mass is 9.53. The molecule has 102 valence electrons. The zero-order chi connectivity index (χ0) is 12.5. The van der Waals surface area contributed by atoms with Gasteiger partial charge in [0.2, 0.25) is 0 Å². The molecule has 0 saturated heterocycles. The van der Waals surface area contributed by atoms with Gasteiger partial charge in [-0.3, -0.25) is 0 Å². The molecule has 0 aromatic rings. The van der Waals surface area contributed by atoms with Crippen molar-refractivity contribution in [2.75, 3.05) is 0 Å². The predicted molar refractivity (Wildman–Crippen MR) is 72.2 cm³/mol. The Balaban J connectivity index is 1.47. The molecule has 0 aliphatic heterocycles. The van der Waals surface area contributed by atoms with Gasteiger partial charge in [-0.1, -0.05) is 13.8 Å². The Morgan fingerprint density at radius 1 is 0.889 bits per heavy atom. The van der Waals surface area contributed by atoms with Crippen LogP contribution >= 0.6 is 0 Å². The first kappa shape index (κ1) is 11.7. The summed E-state index contributed by atoms with van der Waals surface area (Å²) in [5, 5.41) is 13.8. The third-order valence-corrected chi connectivity index (χ3v) is 6.84. The highest BCUT2D eigenvalue weighted by Crippen LogP contribution is 2.54. The van der Waals surface area contributed by atoms with E-state index in [0.717, 1.165) is 36.1 Å². The lowest BCUT2D eigenvalue weighted by Gasteiger charge is -2.58. The van der Waals surface area contributed by atoms with Gasteiger partial charge in [-0.15, -0.1) is 0 Å². The maximum absolute atomic E-state index is 9.89.